The molecule has 1 aromatic carbocycles. The number of nitrogens with one attached hydrogen (secondary N) is 1. The first-order valence-electron chi connectivity index (χ1n) is 8.92. The number of fused-ring (bicyclic) bond motifs is 1. The zero-order valence-corrected chi connectivity index (χ0v) is 16.3. The molecule has 1 N–H and O–H groups in total. The monoisotopic (exact) mass is 387 g/mol. The lowest BCUT2D eigenvalue weighted by molar-refractivity contribution is 0.0923. The van der Waals surface area contributed by atoms with Gasteiger partial charge in [0.05, 0.1) is 5.75 Å². The molecular formula is C19H21N3O2S2. The second kappa shape index (κ2) is 7.80. The van der Waals surface area contributed by atoms with Crippen molar-refractivity contribution in [2.75, 3.05) is 0 Å². The van der Waals surface area contributed by atoms with Crippen molar-refractivity contribution in [2.24, 2.45) is 0 Å². The van der Waals surface area contributed by atoms with Crippen LogP contribution in [0.25, 0.3) is 11.1 Å². The molecule has 1 saturated carbocycles. The van der Waals surface area contributed by atoms with E-state index in [9.17, 15) is 4.79 Å². The van der Waals surface area contributed by atoms with E-state index in [1.165, 1.54) is 42.4 Å². The summed E-state index contributed by atoms with van der Waals surface area (Å²) in [5.74, 6) is 0.592. The molecule has 0 spiro atoms. The topological polar surface area (TPSA) is 68.0 Å². The second-order valence-corrected chi connectivity index (χ2v) is 8.54. The number of aryl methyl sites for hydroxylation is 1. The van der Waals surface area contributed by atoms with Crippen LogP contribution < -0.4 is 5.32 Å². The number of hydrogen-bond acceptors (Lipinski definition) is 6. The fraction of sp³-hybridized carbons (Fsp3) is 0.421. The van der Waals surface area contributed by atoms with Gasteiger partial charge in [0, 0.05) is 11.4 Å². The molecule has 7 heteroatoms. The van der Waals surface area contributed by atoms with Crippen LogP contribution in [0.4, 0.5) is 0 Å². The van der Waals surface area contributed by atoms with Gasteiger partial charge in [-0.1, -0.05) is 37.1 Å². The van der Waals surface area contributed by atoms with E-state index in [4.69, 9.17) is 4.42 Å². The van der Waals surface area contributed by atoms with Crippen molar-refractivity contribution in [3.63, 3.8) is 0 Å². The average Bonchev–Trinajstić information content (AvgIpc) is 3.27. The highest BCUT2D eigenvalue weighted by Crippen LogP contribution is 2.28. The van der Waals surface area contributed by atoms with E-state index < -0.39 is 0 Å². The number of rotatable bonds is 5. The summed E-state index contributed by atoms with van der Waals surface area (Å²) >= 11 is 3.01. The number of benzene rings is 1. The highest BCUT2D eigenvalue weighted by molar-refractivity contribution is 7.98. The minimum absolute atomic E-state index is 0.0539. The van der Waals surface area contributed by atoms with E-state index in [0.717, 1.165) is 34.5 Å². The lowest BCUT2D eigenvalue weighted by atomic mass is 9.95. The summed E-state index contributed by atoms with van der Waals surface area (Å²) in [6.07, 6.45) is 5.84. The molecule has 2 aromatic heterocycles. The molecule has 0 radical (unpaired) electrons. The summed E-state index contributed by atoms with van der Waals surface area (Å²) < 4.78 is 5.75. The van der Waals surface area contributed by atoms with Crippen molar-refractivity contribution >= 4 is 40.1 Å². The predicted octanol–water partition coefficient (Wildman–Crippen LogP) is 4.95. The number of amides is 1. The van der Waals surface area contributed by atoms with Crippen molar-refractivity contribution in [1.82, 2.24) is 15.3 Å². The van der Waals surface area contributed by atoms with Gasteiger partial charge in [-0.2, -0.15) is 0 Å². The Bertz CT molecular complexity index is 913. The number of aromatic nitrogens is 2. The summed E-state index contributed by atoms with van der Waals surface area (Å²) in [4.78, 5) is 21.3. The summed E-state index contributed by atoms with van der Waals surface area (Å²) in [5, 5.41) is 6.49. The summed E-state index contributed by atoms with van der Waals surface area (Å²) in [6.45, 7) is 2.04. The highest BCUT2D eigenvalue weighted by Gasteiger charge is 2.18. The quantitative estimate of drug-likeness (QED) is 0.628. The van der Waals surface area contributed by atoms with Gasteiger partial charge in [-0.15, -0.1) is 11.3 Å². The molecule has 136 valence electrons. The molecule has 3 aromatic rings. The molecule has 1 aliphatic carbocycles. The second-order valence-electron chi connectivity index (χ2n) is 6.67. The van der Waals surface area contributed by atoms with Crippen LogP contribution in [0.5, 0.6) is 0 Å². The van der Waals surface area contributed by atoms with Crippen molar-refractivity contribution in [2.45, 2.75) is 56.0 Å². The molecule has 0 atom stereocenters. The van der Waals surface area contributed by atoms with Gasteiger partial charge in [0.15, 0.2) is 5.58 Å². The zero-order valence-electron chi connectivity index (χ0n) is 14.7. The molecule has 2 heterocycles. The van der Waals surface area contributed by atoms with Gasteiger partial charge >= 0.3 is 0 Å². The van der Waals surface area contributed by atoms with Gasteiger partial charge < -0.3 is 9.73 Å². The van der Waals surface area contributed by atoms with Crippen LogP contribution in [0.3, 0.4) is 0 Å². The number of oxazole rings is 1. The first-order chi connectivity index (χ1) is 12.7. The summed E-state index contributed by atoms with van der Waals surface area (Å²) in [6, 6.07) is 6.28. The normalized spacial score (nSPS) is 15.4. The predicted molar refractivity (Wildman–Crippen MR) is 105 cm³/mol. The lowest BCUT2D eigenvalue weighted by Gasteiger charge is -2.22. The van der Waals surface area contributed by atoms with E-state index in [2.05, 4.69) is 15.3 Å². The third kappa shape index (κ3) is 4.10. The Hall–Kier alpha value is -1.86. The van der Waals surface area contributed by atoms with Crippen molar-refractivity contribution in [3.05, 3.63) is 39.8 Å². The van der Waals surface area contributed by atoms with Crippen molar-refractivity contribution < 1.29 is 9.21 Å². The van der Waals surface area contributed by atoms with Crippen LogP contribution in [0, 0.1) is 6.92 Å². The fourth-order valence-corrected chi connectivity index (χ4v) is 4.82. The fourth-order valence-electron chi connectivity index (χ4n) is 3.19. The standard InChI is InChI=1S/C19H21N3O2S2/c1-12-7-8-16-14(9-12)22-19(24-16)26-11-17-21-15(10-25-17)18(23)20-13-5-3-2-4-6-13/h7-10,13H,2-6,11H2,1H3,(H,20,23). The van der Waals surface area contributed by atoms with Crippen LogP contribution in [-0.4, -0.2) is 21.9 Å². The van der Waals surface area contributed by atoms with Crippen LogP contribution in [0.1, 0.15) is 53.2 Å². The SMILES string of the molecule is Cc1ccc2oc(SCc3nc(C(=O)NC4CCCCC4)cs3)nc2c1. The number of hydrogen-bond donors (Lipinski definition) is 1. The van der Waals surface area contributed by atoms with Gasteiger partial charge in [0.2, 0.25) is 0 Å². The average molecular weight is 388 g/mol. The third-order valence-corrected chi connectivity index (χ3v) is 6.44. The van der Waals surface area contributed by atoms with Crippen LogP contribution in [-0.2, 0) is 5.75 Å². The van der Waals surface area contributed by atoms with E-state index in [1.54, 1.807) is 0 Å². The van der Waals surface area contributed by atoms with Gasteiger partial charge in [-0.3, -0.25) is 4.79 Å². The molecule has 1 aliphatic rings. The first-order valence-corrected chi connectivity index (χ1v) is 10.8. The Balaban J connectivity index is 1.35. The van der Waals surface area contributed by atoms with Crippen molar-refractivity contribution in [1.29, 1.82) is 0 Å². The number of nitrogens with zero attached hydrogens (tertiary/aromatic N) is 2. The molecular weight excluding hydrogens is 366 g/mol. The van der Waals surface area contributed by atoms with Gasteiger partial charge in [-0.25, -0.2) is 9.97 Å². The number of carbonyl (C=O) groups excluding carboxylic acids is 1. The lowest BCUT2D eigenvalue weighted by Crippen LogP contribution is -2.36. The molecule has 5 nitrogen and oxygen atoms in total. The Kier molecular flexibility index (Phi) is 5.26. The molecule has 0 bridgehead atoms. The third-order valence-electron chi connectivity index (χ3n) is 4.57. The molecule has 0 saturated heterocycles. The van der Waals surface area contributed by atoms with Crippen LogP contribution in [0.15, 0.2) is 33.2 Å². The van der Waals surface area contributed by atoms with Crippen LogP contribution >= 0.6 is 23.1 Å². The maximum absolute atomic E-state index is 12.3. The minimum atomic E-state index is -0.0539. The zero-order chi connectivity index (χ0) is 17.9. The highest BCUT2D eigenvalue weighted by atomic mass is 32.2. The summed E-state index contributed by atoms with van der Waals surface area (Å²) in [7, 11) is 0. The number of thiazole rings is 1. The van der Waals surface area contributed by atoms with E-state index in [-0.39, 0.29) is 5.91 Å². The Morgan fingerprint density at radius 3 is 3.00 bits per heavy atom. The van der Waals surface area contributed by atoms with Crippen LogP contribution in [0.2, 0.25) is 0 Å². The molecule has 0 unspecified atom stereocenters. The number of thioether (sulfide) groups is 1. The van der Waals surface area contributed by atoms with E-state index in [1.807, 2.05) is 30.5 Å². The Labute approximate surface area is 160 Å². The smallest absolute Gasteiger partial charge is 0.270 e. The molecule has 1 fully saturated rings. The van der Waals surface area contributed by atoms with E-state index >= 15 is 0 Å². The van der Waals surface area contributed by atoms with E-state index in [0.29, 0.717) is 22.7 Å². The largest absolute Gasteiger partial charge is 0.431 e. The summed E-state index contributed by atoms with van der Waals surface area (Å²) in [5.41, 5.74) is 3.35. The maximum Gasteiger partial charge on any atom is 0.270 e. The number of carbonyl (C=O) groups is 1. The maximum atomic E-state index is 12.3. The Morgan fingerprint density at radius 1 is 1.31 bits per heavy atom. The molecule has 0 aliphatic heterocycles. The van der Waals surface area contributed by atoms with Gasteiger partial charge in [-0.05, 0) is 37.5 Å². The Morgan fingerprint density at radius 2 is 2.15 bits per heavy atom. The van der Waals surface area contributed by atoms with Crippen molar-refractivity contribution in [3.8, 4) is 0 Å². The molecule has 26 heavy (non-hydrogen) atoms. The minimum Gasteiger partial charge on any atom is -0.431 e. The van der Waals surface area contributed by atoms with Gasteiger partial charge in [0.1, 0.15) is 16.2 Å². The molecule has 4 rings (SSSR count). The van der Waals surface area contributed by atoms with Gasteiger partial charge in [0.25, 0.3) is 11.1 Å². The first kappa shape index (κ1) is 17.5. The molecule has 1 amide bonds.